The van der Waals surface area contributed by atoms with Crippen LogP contribution in [-0.4, -0.2) is 30.6 Å². The van der Waals surface area contributed by atoms with E-state index < -0.39 is 5.97 Å². The van der Waals surface area contributed by atoms with Gasteiger partial charge < -0.3 is 14.6 Å². The van der Waals surface area contributed by atoms with Crippen molar-refractivity contribution in [2.24, 2.45) is 17.8 Å². The van der Waals surface area contributed by atoms with Crippen LogP contribution in [0.3, 0.4) is 0 Å². The van der Waals surface area contributed by atoms with Crippen molar-refractivity contribution in [3.8, 4) is 0 Å². The summed E-state index contributed by atoms with van der Waals surface area (Å²) in [5.41, 5.74) is 0. The zero-order valence-corrected chi connectivity index (χ0v) is 13.3. The topological polar surface area (TPSA) is 55.8 Å². The summed E-state index contributed by atoms with van der Waals surface area (Å²) < 4.78 is 11.8. The predicted octanol–water partition coefficient (Wildman–Crippen LogP) is 3.84. The van der Waals surface area contributed by atoms with Crippen molar-refractivity contribution >= 4 is 5.97 Å². The summed E-state index contributed by atoms with van der Waals surface area (Å²) in [4.78, 5) is 11.0. The van der Waals surface area contributed by atoms with Crippen molar-refractivity contribution in [3.63, 3.8) is 0 Å². The number of aliphatic carboxylic acids is 1. The molecule has 0 aromatic rings. The average Bonchev–Trinajstić information content (AvgIpc) is 2.52. The van der Waals surface area contributed by atoms with Gasteiger partial charge in [-0.25, -0.2) is 0 Å². The van der Waals surface area contributed by atoms with Crippen LogP contribution >= 0.6 is 0 Å². The largest absolute Gasteiger partial charge is 0.481 e. The lowest BCUT2D eigenvalue weighted by atomic mass is 9.81. The molecule has 0 amide bonds. The second-order valence-electron chi connectivity index (χ2n) is 6.70. The van der Waals surface area contributed by atoms with E-state index in [1.165, 1.54) is 32.1 Å². The molecule has 21 heavy (non-hydrogen) atoms. The Kier molecular flexibility index (Phi) is 6.97. The number of hydrogen-bond donors (Lipinski definition) is 1. The molecule has 0 atom stereocenters. The Labute approximate surface area is 128 Å². The highest BCUT2D eigenvalue weighted by Crippen LogP contribution is 2.34. The minimum absolute atomic E-state index is 0.0911. The second-order valence-corrected chi connectivity index (χ2v) is 6.70. The molecule has 1 saturated heterocycles. The first-order valence-corrected chi connectivity index (χ1v) is 8.66. The average molecular weight is 298 g/mol. The lowest BCUT2D eigenvalue weighted by Gasteiger charge is -2.37. The van der Waals surface area contributed by atoms with E-state index in [9.17, 15) is 4.79 Å². The molecule has 122 valence electrons. The molecule has 1 saturated carbocycles. The van der Waals surface area contributed by atoms with Crippen molar-refractivity contribution in [2.75, 3.05) is 13.2 Å². The van der Waals surface area contributed by atoms with Gasteiger partial charge in [-0.3, -0.25) is 4.79 Å². The number of hydrogen-bond acceptors (Lipinski definition) is 3. The van der Waals surface area contributed by atoms with Crippen molar-refractivity contribution < 1.29 is 19.4 Å². The van der Waals surface area contributed by atoms with Gasteiger partial charge in [0.05, 0.1) is 19.1 Å². The summed E-state index contributed by atoms with van der Waals surface area (Å²) >= 11 is 0. The van der Waals surface area contributed by atoms with E-state index in [1.807, 2.05) is 0 Å². The van der Waals surface area contributed by atoms with E-state index in [0.717, 1.165) is 38.9 Å². The second kappa shape index (κ2) is 8.74. The van der Waals surface area contributed by atoms with Gasteiger partial charge in [-0.2, -0.15) is 0 Å². The maximum absolute atomic E-state index is 11.0. The molecule has 0 spiro atoms. The molecule has 1 heterocycles. The Balaban J connectivity index is 1.62. The van der Waals surface area contributed by atoms with Crippen LogP contribution in [0.5, 0.6) is 0 Å². The first kappa shape index (κ1) is 16.8. The summed E-state index contributed by atoms with van der Waals surface area (Å²) in [6.07, 6.45) is 9.68. The molecular weight excluding hydrogens is 268 g/mol. The van der Waals surface area contributed by atoms with Crippen LogP contribution in [0.2, 0.25) is 0 Å². The van der Waals surface area contributed by atoms with Gasteiger partial charge in [0.25, 0.3) is 0 Å². The van der Waals surface area contributed by atoms with Gasteiger partial charge in [-0.05, 0) is 32.1 Å². The number of carboxylic acid groups (broad SMARTS) is 1. The lowest BCUT2D eigenvalue weighted by molar-refractivity contribution is -0.230. The summed E-state index contributed by atoms with van der Waals surface area (Å²) in [6, 6.07) is 0. The van der Waals surface area contributed by atoms with Crippen molar-refractivity contribution in [3.05, 3.63) is 0 Å². The van der Waals surface area contributed by atoms with Gasteiger partial charge in [-0.1, -0.05) is 32.6 Å². The number of rotatable bonds is 7. The zero-order valence-electron chi connectivity index (χ0n) is 13.3. The van der Waals surface area contributed by atoms with Gasteiger partial charge in [0, 0.05) is 11.8 Å². The van der Waals surface area contributed by atoms with Crippen LogP contribution in [0.25, 0.3) is 0 Å². The van der Waals surface area contributed by atoms with Crippen LogP contribution in [0.4, 0.5) is 0 Å². The van der Waals surface area contributed by atoms with Crippen molar-refractivity contribution in [1.29, 1.82) is 0 Å². The smallest absolute Gasteiger partial charge is 0.306 e. The van der Waals surface area contributed by atoms with E-state index in [1.54, 1.807) is 0 Å². The molecule has 0 bridgehead atoms. The highest BCUT2D eigenvalue weighted by Gasteiger charge is 2.34. The zero-order chi connectivity index (χ0) is 15.1. The van der Waals surface area contributed by atoms with Gasteiger partial charge in [-0.15, -0.1) is 0 Å². The lowest BCUT2D eigenvalue weighted by Crippen LogP contribution is -2.39. The van der Waals surface area contributed by atoms with E-state index in [2.05, 4.69) is 6.92 Å². The molecule has 0 aromatic carbocycles. The molecule has 1 N–H and O–H groups in total. The Hall–Kier alpha value is -0.610. The van der Waals surface area contributed by atoms with E-state index in [0.29, 0.717) is 11.8 Å². The molecule has 2 rings (SSSR count). The minimum atomic E-state index is -0.647. The third-order valence-corrected chi connectivity index (χ3v) is 4.96. The molecular formula is C17H30O4. The highest BCUT2D eigenvalue weighted by molar-refractivity contribution is 5.69. The fourth-order valence-electron chi connectivity index (χ4n) is 3.50. The van der Waals surface area contributed by atoms with Crippen LogP contribution in [0, 0.1) is 17.8 Å². The summed E-state index contributed by atoms with van der Waals surface area (Å²) in [6.45, 7) is 3.86. The van der Waals surface area contributed by atoms with Crippen LogP contribution < -0.4 is 0 Å². The monoisotopic (exact) mass is 298 g/mol. The predicted molar refractivity (Wildman–Crippen MR) is 81.0 cm³/mol. The number of carbonyl (C=O) groups is 1. The molecule has 2 aliphatic rings. The molecule has 1 aliphatic heterocycles. The fraction of sp³-hybridized carbons (Fsp3) is 0.941. The van der Waals surface area contributed by atoms with Crippen molar-refractivity contribution in [2.45, 2.75) is 71.0 Å². The Bertz CT molecular complexity index is 302. The van der Waals surface area contributed by atoms with Gasteiger partial charge in [0.1, 0.15) is 0 Å². The molecule has 4 nitrogen and oxygen atoms in total. The third-order valence-electron chi connectivity index (χ3n) is 4.96. The van der Waals surface area contributed by atoms with E-state index in [4.69, 9.17) is 14.6 Å². The molecule has 2 fully saturated rings. The first-order valence-electron chi connectivity index (χ1n) is 8.66. The maximum atomic E-state index is 11.0. The number of ether oxygens (including phenoxy) is 2. The molecule has 4 heteroatoms. The first-order chi connectivity index (χ1) is 10.2. The summed E-state index contributed by atoms with van der Waals surface area (Å²) in [5, 5.41) is 9.03. The summed E-state index contributed by atoms with van der Waals surface area (Å²) in [7, 11) is 0. The van der Waals surface area contributed by atoms with Crippen LogP contribution in [0.1, 0.15) is 64.7 Å². The Morgan fingerprint density at radius 3 is 2.29 bits per heavy atom. The molecule has 0 unspecified atom stereocenters. The Morgan fingerprint density at radius 2 is 1.71 bits per heavy atom. The van der Waals surface area contributed by atoms with Gasteiger partial charge >= 0.3 is 5.97 Å². The van der Waals surface area contributed by atoms with Crippen molar-refractivity contribution in [1.82, 2.24) is 0 Å². The van der Waals surface area contributed by atoms with E-state index >= 15 is 0 Å². The SMILES string of the molecule is CCCCCCC1COC(C2CCC(C(=O)O)CC2)OC1. The highest BCUT2D eigenvalue weighted by atomic mass is 16.7. The minimum Gasteiger partial charge on any atom is -0.481 e. The van der Waals surface area contributed by atoms with Crippen LogP contribution in [-0.2, 0) is 14.3 Å². The van der Waals surface area contributed by atoms with E-state index in [-0.39, 0.29) is 12.2 Å². The standard InChI is InChI=1S/C17H30O4/c1-2-3-4-5-6-13-11-20-17(21-12-13)15-9-7-14(8-10-15)16(18)19/h13-15,17H,2-12H2,1H3,(H,18,19). The normalized spacial score (nSPS) is 33.8. The molecule has 0 radical (unpaired) electrons. The quantitative estimate of drug-likeness (QED) is 0.726. The molecule has 1 aliphatic carbocycles. The maximum Gasteiger partial charge on any atom is 0.306 e. The third kappa shape index (κ3) is 5.26. The number of unbranched alkanes of at least 4 members (excludes halogenated alkanes) is 3. The Morgan fingerprint density at radius 1 is 1.05 bits per heavy atom. The summed E-state index contributed by atoms with van der Waals surface area (Å²) in [5.74, 6) is 0.136. The van der Waals surface area contributed by atoms with Gasteiger partial charge in [0.15, 0.2) is 6.29 Å². The fourth-order valence-corrected chi connectivity index (χ4v) is 3.50. The van der Waals surface area contributed by atoms with Crippen LogP contribution in [0.15, 0.2) is 0 Å². The van der Waals surface area contributed by atoms with Gasteiger partial charge in [0.2, 0.25) is 0 Å². The molecule has 0 aromatic heterocycles. The number of carboxylic acids is 1.